The average molecular weight is 174 g/mol. The number of amides is 2. The standard InChI is InChI=1S/C9H6N2O2/c12-8-9(13)11(6-10-8)7-4-2-1-3-5-7/h1-6H. The minimum absolute atomic E-state index is 0.605. The third kappa shape index (κ3) is 1.22. The third-order valence-electron chi connectivity index (χ3n) is 1.73. The molecular formula is C9H6N2O2. The summed E-state index contributed by atoms with van der Waals surface area (Å²) in [7, 11) is 0. The van der Waals surface area contributed by atoms with Gasteiger partial charge in [0.05, 0.1) is 5.69 Å². The van der Waals surface area contributed by atoms with Crippen molar-refractivity contribution in [3.63, 3.8) is 0 Å². The maximum absolute atomic E-state index is 11.2. The Morgan fingerprint density at radius 2 is 1.77 bits per heavy atom. The van der Waals surface area contributed by atoms with Gasteiger partial charge in [0.25, 0.3) is 0 Å². The molecule has 0 fully saturated rings. The monoisotopic (exact) mass is 174 g/mol. The topological polar surface area (TPSA) is 49.7 Å². The Hall–Kier alpha value is -1.97. The molecule has 4 nitrogen and oxygen atoms in total. The van der Waals surface area contributed by atoms with Crippen LogP contribution in [0, 0.1) is 0 Å². The summed E-state index contributed by atoms with van der Waals surface area (Å²) in [5.41, 5.74) is 0.655. The highest BCUT2D eigenvalue weighted by atomic mass is 16.2. The molecule has 1 heterocycles. The highest BCUT2D eigenvalue weighted by molar-refractivity contribution is 6.49. The van der Waals surface area contributed by atoms with E-state index in [0.29, 0.717) is 5.69 Å². The second-order valence-corrected chi connectivity index (χ2v) is 2.56. The summed E-state index contributed by atoms with van der Waals surface area (Å²) in [4.78, 5) is 26.5. The maximum Gasteiger partial charge on any atom is 0.337 e. The van der Waals surface area contributed by atoms with Crippen molar-refractivity contribution in [2.75, 3.05) is 4.90 Å². The fourth-order valence-electron chi connectivity index (χ4n) is 1.09. The van der Waals surface area contributed by atoms with Crippen molar-refractivity contribution < 1.29 is 9.59 Å². The SMILES string of the molecule is O=C1N=CN(c2ccccc2)C1=O. The van der Waals surface area contributed by atoms with Crippen molar-refractivity contribution in [2.45, 2.75) is 0 Å². The number of rotatable bonds is 1. The molecule has 0 aromatic heterocycles. The van der Waals surface area contributed by atoms with Gasteiger partial charge in [-0.1, -0.05) is 18.2 Å². The minimum Gasteiger partial charge on any atom is -0.263 e. The second-order valence-electron chi connectivity index (χ2n) is 2.56. The predicted octanol–water partition coefficient (Wildman–Crippen LogP) is 0.588. The van der Waals surface area contributed by atoms with E-state index in [9.17, 15) is 9.59 Å². The number of carbonyl (C=O) groups excluding carboxylic acids is 2. The van der Waals surface area contributed by atoms with Gasteiger partial charge in [0.15, 0.2) is 0 Å². The molecule has 13 heavy (non-hydrogen) atoms. The summed E-state index contributed by atoms with van der Waals surface area (Å²) < 4.78 is 0. The van der Waals surface area contributed by atoms with Crippen molar-refractivity contribution in [2.24, 2.45) is 4.99 Å². The van der Waals surface area contributed by atoms with E-state index < -0.39 is 11.8 Å². The van der Waals surface area contributed by atoms with Crippen molar-refractivity contribution in [3.8, 4) is 0 Å². The molecular weight excluding hydrogens is 168 g/mol. The first-order valence-corrected chi connectivity index (χ1v) is 3.76. The molecule has 1 aliphatic rings. The molecule has 0 saturated heterocycles. The number of benzene rings is 1. The lowest BCUT2D eigenvalue weighted by Gasteiger charge is -2.09. The van der Waals surface area contributed by atoms with E-state index >= 15 is 0 Å². The van der Waals surface area contributed by atoms with Crippen LogP contribution in [0.4, 0.5) is 5.69 Å². The van der Waals surface area contributed by atoms with Gasteiger partial charge in [-0.25, -0.2) is 0 Å². The Bertz CT molecular complexity index is 384. The van der Waals surface area contributed by atoms with E-state index in [4.69, 9.17) is 0 Å². The first kappa shape index (κ1) is 7.67. The Morgan fingerprint density at radius 3 is 2.31 bits per heavy atom. The number of hydrogen-bond acceptors (Lipinski definition) is 2. The summed E-state index contributed by atoms with van der Waals surface area (Å²) in [5, 5.41) is 0. The quantitative estimate of drug-likeness (QED) is 0.585. The molecule has 0 N–H and O–H groups in total. The van der Waals surface area contributed by atoms with Gasteiger partial charge in [0.2, 0.25) is 0 Å². The van der Waals surface area contributed by atoms with Crippen LogP contribution in [0.3, 0.4) is 0 Å². The molecule has 0 unspecified atom stereocenters. The van der Waals surface area contributed by atoms with Gasteiger partial charge >= 0.3 is 11.8 Å². The van der Waals surface area contributed by atoms with Crippen LogP contribution in [0.1, 0.15) is 0 Å². The molecule has 0 aliphatic carbocycles. The molecule has 1 aromatic carbocycles. The number of carbonyl (C=O) groups is 2. The van der Waals surface area contributed by atoms with E-state index in [-0.39, 0.29) is 0 Å². The van der Waals surface area contributed by atoms with Gasteiger partial charge in [0.1, 0.15) is 6.34 Å². The Balaban J connectivity index is 2.35. The molecule has 4 heteroatoms. The molecule has 2 rings (SSSR count). The minimum atomic E-state index is -0.719. The van der Waals surface area contributed by atoms with Crippen LogP contribution in [-0.4, -0.2) is 18.2 Å². The van der Waals surface area contributed by atoms with Gasteiger partial charge < -0.3 is 0 Å². The lowest BCUT2D eigenvalue weighted by molar-refractivity contribution is -0.134. The molecule has 1 aliphatic heterocycles. The van der Waals surface area contributed by atoms with Crippen molar-refractivity contribution in [3.05, 3.63) is 30.3 Å². The van der Waals surface area contributed by atoms with Crippen LogP contribution in [0.15, 0.2) is 35.3 Å². The van der Waals surface area contributed by atoms with Gasteiger partial charge in [0, 0.05) is 0 Å². The van der Waals surface area contributed by atoms with Crippen molar-refractivity contribution in [1.29, 1.82) is 0 Å². The van der Waals surface area contributed by atoms with Crippen LogP contribution in [-0.2, 0) is 9.59 Å². The average Bonchev–Trinajstić information content (AvgIpc) is 2.49. The van der Waals surface area contributed by atoms with Crippen LogP contribution < -0.4 is 4.90 Å². The number of hydrogen-bond donors (Lipinski definition) is 0. The Morgan fingerprint density at radius 1 is 1.08 bits per heavy atom. The number of para-hydroxylation sites is 1. The lowest BCUT2D eigenvalue weighted by Crippen LogP contribution is -2.27. The maximum atomic E-state index is 11.2. The summed E-state index contributed by atoms with van der Waals surface area (Å²) in [6, 6.07) is 8.90. The lowest BCUT2D eigenvalue weighted by atomic mass is 10.3. The molecule has 0 saturated carbocycles. The number of anilines is 1. The smallest absolute Gasteiger partial charge is 0.263 e. The van der Waals surface area contributed by atoms with E-state index in [1.165, 1.54) is 11.2 Å². The van der Waals surface area contributed by atoms with Crippen LogP contribution in [0.25, 0.3) is 0 Å². The van der Waals surface area contributed by atoms with Crippen LogP contribution in [0.5, 0.6) is 0 Å². The van der Waals surface area contributed by atoms with Gasteiger partial charge in [-0.05, 0) is 12.1 Å². The third-order valence-corrected chi connectivity index (χ3v) is 1.73. The zero-order valence-electron chi connectivity index (χ0n) is 6.68. The molecule has 2 amide bonds. The first-order chi connectivity index (χ1) is 6.29. The van der Waals surface area contributed by atoms with E-state index in [1.807, 2.05) is 6.07 Å². The fourth-order valence-corrected chi connectivity index (χ4v) is 1.09. The van der Waals surface area contributed by atoms with E-state index in [2.05, 4.69) is 4.99 Å². The second kappa shape index (κ2) is 2.82. The highest BCUT2D eigenvalue weighted by Gasteiger charge is 2.26. The van der Waals surface area contributed by atoms with Gasteiger partial charge in [-0.2, -0.15) is 4.99 Å². The number of nitrogens with zero attached hydrogens (tertiary/aromatic N) is 2. The first-order valence-electron chi connectivity index (χ1n) is 3.76. The highest BCUT2D eigenvalue weighted by Crippen LogP contribution is 2.14. The van der Waals surface area contributed by atoms with E-state index in [1.54, 1.807) is 24.3 Å². The zero-order chi connectivity index (χ0) is 9.26. The van der Waals surface area contributed by atoms with Gasteiger partial charge in [-0.15, -0.1) is 0 Å². The normalized spacial score (nSPS) is 15.5. The summed E-state index contributed by atoms with van der Waals surface area (Å²) in [5.74, 6) is -1.32. The molecule has 0 spiro atoms. The van der Waals surface area contributed by atoms with Crippen molar-refractivity contribution >= 4 is 23.8 Å². The van der Waals surface area contributed by atoms with Crippen LogP contribution in [0.2, 0.25) is 0 Å². The predicted molar refractivity (Wildman–Crippen MR) is 47.4 cm³/mol. The summed E-state index contributed by atoms with van der Waals surface area (Å²) in [6.07, 6.45) is 1.24. The molecule has 0 radical (unpaired) electrons. The summed E-state index contributed by atoms with van der Waals surface area (Å²) in [6.45, 7) is 0. The van der Waals surface area contributed by atoms with Gasteiger partial charge in [-0.3, -0.25) is 14.5 Å². The number of aliphatic imine (C=N–C) groups is 1. The Kier molecular flexibility index (Phi) is 1.66. The molecule has 1 aromatic rings. The molecule has 64 valence electrons. The fraction of sp³-hybridized carbons (Fsp3) is 0. The summed E-state index contributed by atoms with van der Waals surface area (Å²) >= 11 is 0. The van der Waals surface area contributed by atoms with Crippen LogP contribution >= 0.6 is 0 Å². The molecule has 0 bridgehead atoms. The Labute approximate surface area is 74.5 Å². The largest absolute Gasteiger partial charge is 0.337 e. The van der Waals surface area contributed by atoms with Crippen molar-refractivity contribution in [1.82, 2.24) is 0 Å². The zero-order valence-corrected chi connectivity index (χ0v) is 6.68. The van der Waals surface area contributed by atoms with E-state index in [0.717, 1.165) is 0 Å². The molecule has 0 atom stereocenters.